The molecule has 108 valence electrons. The predicted octanol–water partition coefficient (Wildman–Crippen LogP) is 4.89. The van der Waals surface area contributed by atoms with E-state index in [1.807, 2.05) is 37.3 Å². The summed E-state index contributed by atoms with van der Waals surface area (Å²) in [5.41, 5.74) is 5.37. The van der Waals surface area contributed by atoms with E-state index in [-0.39, 0.29) is 5.91 Å². The van der Waals surface area contributed by atoms with Crippen LogP contribution in [0.3, 0.4) is 0 Å². The largest absolute Gasteiger partial charge is 0.322 e. The van der Waals surface area contributed by atoms with Crippen molar-refractivity contribution < 1.29 is 4.79 Å². The number of anilines is 1. The quantitative estimate of drug-likeness (QED) is 0.826. The highest BCUT2D eigenvalue weighted by atomic mass is 79.9. The van der Waals surface area contributed by atoms with Gasteiger partial charge in [-0.2, -0.15) is 0 Å². The summed E-state index contributed by atoms with van der Waals surface area (Å²) in [5, 5.41) is 3.09. The molecule has 0 bridgehead atoms. The first-order valence-corrected chi connectivity index (χ1v) is 8.13. The SMILES string of the molecule is Cc1ccc(Br)cc1C(=O)Nc1cccc2c1CCCC2. The summed E-state index contributed by atoms with van der Waals surface area (Å²) in [6.07, 6.45) is 4.63. The molecule has 0 saturated heterocycles. The van der Waals surface area contributed by atoms with Crippen LogP contribution in [0.25, 0.3) is 0 Å². The number of rotatable bonds is 2. The second-order valence-electron chi connectivity index (χ2n) is 5.56. The van der Waals surface area contributed by atoms with Crippen molar-refractivity contribution in [3.8, 4) is 0 Å². The van der Waals surface area contributed by atoms with Gasteiger partial charge in [-0.15, -0.1) is 0 Å². The Kier molecular flexibility index (Phi) is 4.11. The highest BCUT2D eigenvalue weighted by Crippen LogP contribution is 2.28. The summed E-state index contributed by atoms with van der Waals surface area (Å²) in [6, 6.07) is 12.0. The van der Waals surface area contributed by atoms with Crippen LogP contribution < -0.4 is 5.32 Å². The van der Waals surface area contributed by atoms with E-state index in [9.17, 15) is 4.79 Å². The Morgan fingerprint density at radius 3 is 2.81 bits per heavy atom. The molecule has 0 unspecified atom stereocenters. The smallest absolute Gasteiger partial charge is 0.255 e. The molecule has 0 atom stereocenters. The fourth-order valence-corrected chi connectivity index (χ4v) is 3.29. The first kappa shape index (κ1) is 14.3. The Bertz CT molecular complexity index is 694. The molecular formula is C18H18BrNO. The lowest BCUT2D eigenvalue weighted by molar-refractivity contribution is 0.102. The van der Waals surface area contributed by atoms with Gasteiger partial charge >= 0.3 is 0 Å². The van der Waals surface area contributed by atoms with E-state index in [4.69, 9.17) is 0 Å². The van der Waals surface area contributed by atoms with Gasteiger partial charge in [0.2, 0.25) is 0 Å². The van der Waals surface area contributed by atoms with Crippen molar-refractivity contribution in [1.82, 2.24) is 0 Å². The average molecular weight is 344 g/mol. The summed E-state index contributed by atoms with van der Waals surface area (Å²) in [4.78, 5) is 12.5. The highest BCUT2D eigenvalue weighted by Gasteiger charge is 2.16. The van der Waals surface area contributed by atoms with E-state index in [1.54, 1.807) is 0 Å². The van der Waals surface area contributed by atoms with Gasteiger partial charge in [0.25, 0.3) is 5.91 Å². The van der Waals surface area contributed by atoms with Gasteiger partial charge in [0.15, 0.2) is 0 Å². The van der Waals surface area contributed by atoms with E-state index < -0.39 is 0 Å². The summed E-state index contributed by atoms with van der Waals surface area (Å²) >= 11 is 3.43. The van der Waals surface area contributed by atoms with Crippen LogP contribution in [0.5, 0.6) is 0 Å². The average Bonchev–Trinajstić information content (AvgIpc) is 2.50. The monoisotopic (exact) mass is 343 g/mol. The third-order valence-electron chi connectivity index (χ3n) is 4.09. The van der Waals surface area contributed by atoms with Crippen molar-refractivity contribution in [3.63, 3.8) is 0 Å². The number of aryl methyl sites for hydroxylation is 2. The molecule has 1 aliphatic carbocycles. The van der Waals surface area contributed by atoms with Gasteiger partial charge in [0, 0.05) is 15.7 Å². The lowest BCUT2D eigenvalue weighted by Gasteiger charge is -2.20. The molecule has 1 N–H and O–H groups in total. The number of fused-ring (bicyclic) bond motifs is 1. The standard InChI is InChI=1S/C18H18BrNO/c1-12-9-10-14(19)11-16(12)18(21)20-17-8-4-6-13-5-2-3-7-15(13)17/h4,6,8-11H,2-3,5,7H2,1H3,(H,20,21). The fraction of sp³-hybridized carbons (Fsp3) is 0.278. The molecule has 2 aromatic rings. The molecule has 2 nitrogen and oxygen atoms in total. The minimum Gasteiger partial charge on any atom is -0.322 e. The number of carbonyl (C=O) groups is 1. The summed E-state index contributed by atoms with van der Waals surface area (Å²) < 4.78 is 0.924. The van der Waals surface area contributed by atoms with Crippen LogP contribution in [0.1, 0.15) is 39.9 Å². The van der Waals surface area contributed by atoms with Crippen molar-refractivity contribution in [2.75, 3.05) is 5.32 Å². The lowest BCUT2D eigenvalue weighted by Crippen LogP contribution is -2.16. The van der Waals surface area contributed by atoms with Crippen LogP contribution >= 0.6 is 15.9 Å². The van der Waals surface area contributed by atoms with Crippen LogP contribution in [-0.4, -0.2) is 5.91 Å². The molecule has 0 spiro atoms. The maximum atomic E-state index is 12.5. The van der Waals surface area contributed by atoms with Crippen LogP contribution in [0.4, 0.5) is 5.69 Å². The Balaban J connectivity index is 1.90. The van der Waals surface area contributed by atoms with Crippen LogP contribution in [0, 0.1) is 6.92 Å². The summed E-state index contributed by atoms with van der Waals surface area (Å²) in [6.45, 7) is 1.96. The topological polar surface area (TPSA) is 29.1 Å². The predicted molar refractivity (Wildman–Crippen MR) is 89.9 cm³/mol. The second-order valence-corrected chi connectivity index (χ2v) is 6.48. The van der Waals surface area contributed by atoms with E-state index in [0.29, 0.717) is 0 Å². The van der Waals surface area contributed by atoms with Gasteiger partial charge < -0.3 is 5.32 Å². The molecule has 0 heterocycles. The van der Waals surface area contributed by atoms with E-state index in [2.05, 4.69) is 27.3 Å². The van der Waals surface area contributed by atoms with Crippen molar-refractivity contribution in [2.24, 2.45) is 0 Å². The molecule has 0 fully saturated rings. The molecule has 1 aliphatic rings. The number of hydrogen-bond donors (Lipinski definition) is 1. The van der Waals surface area contributed by atoms with Gasteiger partial charge in [0.05, 0.1) is 0 Å². The van der Waals surface area contributed by atoms with Gasteiger partial charge in [-0.05, 0) is 67.5 Å². The molecule has 0 aromatic heterocycles. The van der Waals surface area contributed by atoms with Gasteiger partial charge in [-0.1, -0.05) is 34.1 Å². The van der Waals surface area contributed by atoms with Gasteiger partial charge in [0.1, 0.15) is 0 Å². The molecule has 0 aliphatic heterocycles. The Labute approximate surface area is 133 Å². The minimum absolute atomic E-state index is 0.0345. The minimum atomic E-state index is -0.0345. The third kappa shape index (κ3) is 3.03. The number of nitrogens with one attached hydrogen (secondary N) is 1. The normalized spacial score (nSPS) is 13.6. The number of halogens is 1. The molecule has 21 heavy (non-hydrogen) atoms. The fourth-order valence-electron chi connectivity index (χ4n) is 2.93. The van der Waals surface area contributed by atoms with Crippen LogP contribution in [0.15, 0.2) is 40.9 Å². The lowest BCUT2D eigenvalue weighted by atomic mass is 9.90. The highest BCUT2D eigenvalue weighted by molar-refractivity contribution is 9.10. The second kappa shape index (κ2) is 6.02. The molecule has 0 saturated carbocycles. The van der Waals surface area contributed by atoms with Crippen molar-refractivity contribution in [1.29, 1.82) is 0 Å². The molecular weight excluding hydrogens is 326 g/mol. The van der Waals surface area contributed by atoms with Gasteiger partial charge in [-0.25, -0.2) is 0 Å². The number of hydrogen-bond acceptors (Lipinski definition) is 1. The van der Waals surface area contributed by atoms with E-state index >= 15 is 0 Å². The van der Waals surface area contributed by atoms with Crippen LogP contribution in [0.2, 0.25) is 0 Å². The number of benzene rings is 2. The maximum Gasteiger partial charge on any atom is 0.255 e. The molecule has 3 rings (SSSR count). The maximum absolute atomic E-state index is 12.5. The first-order valence-electron chi connectivity index (χ1n) is 7.33. The first-order chi connectivity index (χ1) is 10.1. The van der Waals surface area contributed by atoms with Crippen molar-refractivity contribution >= 4 is 27.5 Å². The Morgan fingerprint density at radius 2 is 1.95 bits per heavy atom. The molecule has 3 heteroatoms. The zero-order valence-corrected chi connectivity index (χ0v) is 13.7. The number of amides is 1. The van der Waals surface area contributed by atoms with E-state index in [0.717, 1.165) is 34.1 Å². The summed E-state index contributed by atoms with van der Waals surface area (Å²) in [7, 11) is 0. The Hall–Kier alpha value is -1.61. The Morgan fingerprint density at radius 1 is 1.14 bits per heavy atom. The van der Waals surface area contributed by atoms with Crippen molar-refractivity contribution in [3.05, 3.63) is 63.1 Å². The van der Waals surface area contributed by atoms with Crippen molar-refractivity contribution in [2.45, 2.75) is 32.6 Å². The third-order valence-corrected chi connectivity index (χ3v) is 4.58. The zero-order chi connectivity index (χ0) is 14.8. The number of carbonyl (C=O) groups excluding carboxylic acids is 1. The van der Waals surface area contributed by atoms with E-state index in [1.165, 1.54) is 24.0 Å². The molecule has 2 aromatic carbocycles. The molecule has 0 radical (unpaired) electrons. The molecule has 1 amide bonds. The van der Waals surface area contributed by atoms with Crippen LogP contribution in [-0.2, 0) is 12.8 Å². The van der Waals surface area contributed by atoms with Gasteiger partial charge in [-0.3, -0.25) is 4.79 Å². The summed E-state index contributed by atoms with van der Waals surface area (Å²) in [5.74, 6) is -0.0345. The zero-order valence-electron chi connectivity index (χ0n) is 12.1.